The van der Waals surface area contributed by atoms with E-state index in [0.717, 1.165) is 0 Å². The number of carbonyl (C=O) groups is 1. The van der Waals surface area contributed by atoms with Gasteiger partial charge in [-0.3, -0.25) is 19.8 Å². The Morgan fingerprint density at radius 1 is 1.05 bits per heavy atom. The molecule has 0 aliphatic rings. The number of amides is 1. The number of nitro groups is 1. The maximum atomic E-state index is 11.8. The average molecular weight is 256 g/mol. The van der Waals surface area contributed by atoms with Crippen LogP contribution in [0.25, 0.3) is 0 Å². The van der Waals surface area contributed by atoms with Crippen LogP contribution in [0, 0.1) is 10.1 Å². The zero-order valence-corrected chi connectivity index (χ0v) is 10.3. The summed E-state index contributed by atoms with van der Waals surface area (Å²) in [5.74, 6) is -0.277. The van der Waals surface area contributed by atoms with Crippen molar-refractivity contribution in [1.29, 1.82) is 0 Å². The number of rotatable bonds is 3. The molecule has 5 heteroatoms. The lowest BCUT2D eigenvalue weighted by molar-refractivity contribution is -0.384. The molecule has 0 unspecified atom stereocenters. The number of nitrogens with zero attached hydrogens (tertiary/aromatic N) is 2. The van der Waals surface area contributed by atoms with Crippen molar-refractivity contribution < 1.29 is 9.72 Å². The molecule has 0 saturated carbocycles. The van der Waals surface area contributed by atoms with E-state index in [4.69, 9.17) is 0 Å². The van der Waals surface area contributed by atoms with E-state index in [1.54, 1.807) is 42.5 Å². The third kappa shape index (κ3) is 2.60. The quantitative estimate of drug-likeness (QED) is 0.625. The van der Waals surface area contributed by atoms with Crippen LogP contribution in [0.15, 0.2) is 54.6 Å². The van der Waals surface area contributed by atoms with Crippen LogP contribution in [-0.2, 0) is 4.79 Å². The summed E-state index contributed by atoms with van der Waals surface area (Å²) in [6, 6.07) is 15.0. The Labute approximate surface area is 110 Å². The second kappa shape index (κ2) is 5.30. The lowest BCUT2D eigenvalue weighted by Gasteiger charge is -2.20. The molecular weight excluding hydrogens is 244 g/mol. The Bertz CT molecular complexity index is 611. The van der Waals surface area contributed by atoms with Gasteiger partial charge in [-0.15, -0.1) is 0 Å². The first-order valence-electron chi connectivity index (χ1n) is 5.70. The number of carbonyl (C=O) groups excluding carboxylic acids is 1. The summed E-state index contributed by atoms with van der Waals surface area (Å²) in [7, 11) is 0. The summed E-state index contributed by atoms with van der Waals surface area (Å²) in [6.45, 7) is 1.38. The lowest BCUT2D eigenvalue weighted by Crippen LogP contribution is -2.23. The van der Waals surface area contributed by atoms with Crippen LogP contribution in [0.1, 0.15) is 6.92 Å². The van der Waals surface area contributed by atoms with Gasteiger partial charge in [-0.05, 0) is 18.2 Å². The molecule has 0 atom stereocenters. The van der Waals surface area contributed by atoms with Crippen molar-refractivity contribution in [2.75, 3.05) is 4.90 Å². The van der Waals surface area contributed by atoms with E-state index in [-0.39, 0.29) is 17.3 Å². The zero-order valence-electron chi connectivity index (χ0n) is 10.3. The molecule has 0 N–H and O–H groups in total. The van der Waals surface area contributed by atoms with Gasteiger partial charge in [0.05, 0.1) is 4.92 Å². The Kier molecular flexibility index (Phi) is 3.56. The summed E-state index contributed by atoms with van der Waals surface area (Å²) >= 11 is 0. The van der Waals surface area contributed by atoms with E-state index in [1.165, 1.54) is 17.9 Å². The Balaban J connectivity index is 2.59. The molecule has 0 fully saturated rings. The summed E-state index contributed by atoms with van der Waals surface area (Å²) in [5, 5.41) is 11.0. The number of benzene rings is 2. The van der Waals surface area contributed by atoms with E-state index in [2.05, 4.69) is 0 Å². The highest BCUT2D eigenvalue weighted by Crippen LogP contribution is 2.33. The fourth-order valence-corrected chi connectivity index (χ4v) is 1.88. The second-order valence-electron chi connectivity index (χ2n) is 3.94. The van der Waals surface area contributed by atoms with Gasteiger partial charge in [-0.2, -0.15) is 0 Å². The molecule has 0 bridgehead atoms. The maximum Gasteiger partial charge on any atom is 0.293 e. The fraction of sp³-hybridized carbons (Fsp3) is 0.0714. The minimum absolute atomic E-state index is 0.0958. The van der Waals surface area contributed by atoms with Gasteiger partial charge in [-0.25, -0.2) is 0 Å². The minimum Gasteiger partial charge on any atom is -0.275 e. The molecule has 2 rings (SSSR count). The highest BCUT2D eigenvalue weighted by Gasteiger charge is 2.22. The second-order valence-corrected chi connectivity index (χ2v) is 3.94. The van der Waals surface area contributed by atoms with Crippen LogP contribution in [0.3, 0.4) is 0 Å². The van der Waals surface area contributed by atoms with Gasteiger partial charge < -0.3 is 0 Å². The van der Waals surface area contributed by atoms with E-state index < -0.39 is 4.92 Å². The van der Waals surface area contributed by atoms with Crippen molar-refractivity contribution in [2.45, 2.75) is 6.92 Å². The van der Waals surface area contributed by atoms with Crippen molar-refractivity contribution in [1.82, 2.24) is 0 Å². The molecule has 5 nitrogen and oxygen atoms in total. The molecule has 0 aromatic heterocycles. The number of anilines is 2. The lowest BCUT2D eigenvalue weighted by atomic mass is 10.2. The standard InChI is InChI=1S/C14H12N2O3/c1-11(17)15(12-7-3-2-4-8-12)13-9-5-6-10-14(13)16(18)19/h2-10H,1H3. The number of para-hydroxylation sites is 3. The first-order chi connectivity index (χ1) is 9.11. The predicted molar refractivity (Wildman–Crippen MR) is 72.4 cm³/mol. The third-order valence-electron chi connectivity index (χ3n) is 2.65. The monoisotopic (exact) mass is 256 g/mol. The smallest absolute Gasteiger partial charge is 0.275 e. The van der Waals surface area contributed by atoms with Crippen molar-refractivity contribution in [3.63, 3.8) is 0 Å². The van der Waals surface area contributed by atoms with Crippen LogP contribution >= 0.6 is 0 Å². The van der Waals surface area contributed by atoms with Crippen molar-refractivity contribution in [2.24, 2.45) is 0 Å². The summed E-state index contributed by atoms with van der Waals surface area (Å²) < 4.78 is 0. The molecule has 0 heterocycles. The highest BCUT2D eigenvalue weighted by molar-refractivity contribution is 6.01. The fourth-order valence-electron chi connectivity index (χ4n) is 1.88. The molecule has 0 spiro atoms. The molecule has 0 saturated heterocycles. The van der Waals surface area contributed by atoms with Gasteiger partial charge in [-0.1, -0.05) is 30.3 Å². The molecule has 0 aliphatic heterocycles. The zero-order chi connectivity index (χ0) is 13.8. The molecule has 2 aromatic carbocycles. The Hall–Kier alpha value is -2.69. The maximum absolute atomic E-state index is 11.8. The molecule has 2 aromatic rings. The highest BCUT2D eigenvalue weighted by atomic mass is 16.6. The van der Waals surface area contributed by atoms with Gasteiger partial charge in [0.15, 0.2) is 0 Å². The SMILES string of the molecule is CC(=O)N(c1ccccc1)c1ccccc1[N+](=O)[O-]. The topological polar surface area (TPSA) is 63.5 Å². The van der Waals surface area contributed by atoms with Crippen LogP contribution in [0.4, 0.5) is 17.1 Å². The van der Waals surface area contributed by atoms with E-state index >= 15 is 0 Å². The van der Waals surface area contributed by atoms with Gasteiger partial charge in [0, 0.05) is 18.7 Å². The number of hydrogen-bond acceptors (Lipinski definition) is 3. The third-order valence-corrected chi connectivity index (χ3v) is 2.65. The van der Waals surface area contributed by atoms with Crippen LogP contribution in [0.2, 0.25) is 0 Å². The Morgan fingerprint density at radius 3 is 2.21 bits per heavy atom. The minimum atomic E-state index is -0.492. The summed E-state index contributed by atoms with van der Waals surface area (Å²) in [6.07, 6.45) is 0. The Morgan fingerprint density at radius 2 is 1.63 bits per heavy atom. The van der Waals surface area contributed by atoms with Gasteiger partial charge in [0.2, 0.25) is 5.91 Å². The molecular formula is C14H12N2O3. The van der Waals surface area contributed by atoms with Gasteiger partial charge >= 0.3 is 0 Å². The van der Waals surface area contributed by atoms with Crippen molar-refractivity contribution >= 4 is 23.0 Å². The predicted octanol–water partition coefficient (Wildman–Crippen LogP) is 3.28. The van der Waals surface area contributed by atoms with Crippen LogP contribution in [-0.4, -0.2) is 10.8 Å². The van der Waals surface area contributed by atoms with Crippen LogP contribution < -0.4 is 4.90 Å². The first-order valence-corrected chi connectivity index (χ1v) is 5.70. The molecule has 19 heavy (non-hydrogen) atoms. The average Bonchev–Trinajstić information content (AvgIpc) is 2.40. The molecule has 1 amide bonds. The number of nitro benzene ring substituents is 1. The van der Waals surface area contributed by atoms with Crippen molar-refractivity contribution in [3.05, 3.63) is 64.7 Å². The van der Waals surface area contributed by atoms with E-state index in [9.17, 15) is 14.9 Å². The number of hydrogen-bond donors (Lipinski definition) is 0. The van der Waals surface area contributed by atoms with Crippen molar-refractivity contribution in [3.8, 4) is 0 Å². The summed E-state index contributed by atoms with van der Waals surface area (Å²) in [4.78, 5) is 23.7. The van der Waals surface area contributed by atoms with E-state index in [1.807, 2.05) is 6.07 Å². The normalized spacial score (nSPS) is 9.95. The summed E-state index contributed by atoms with van der Waals surface area (Å²) in [5.41, 5.74) is 0.775. The van der Waals surface area contributed by atoms with Gasteiger partial charge in [0.1, 0.15) is 5.69 Å². The van der Waals surface area contributed by atoms with Gasteiger partial charge in [0.25, 0.3) is 5.69 Å². The molecule has 0 aliphatic carbocycles. The molecule has 0 radical (unpaired) electrons. The first kappa shape index (κ1) is 12.8. The largest absolute Gasteiger partial charge is 0.293 e. The van der Waals surface area contributed by atoms with Crippen LogP contribution in [0.5, 0.6) is 0 Å². The molecule has 96 valence electrons. The van der Waals surface area contributed by atoms with E-state index in [0.29, 0.717) is 5.69 Å².